The minimum atomic E-state index is -1.20. The van der Waals surface area contributed by atoms with Crippen LogP contribution in [0, 0.1) is 0 Å². The van der Waals surface area contributed by atoms with Crippen molar-refractivity contribution in [3.8, 4) is 11.4 Å². The zero-order chi connectivity index (χ0) is 14.0. The summed E-state index contributed by atoms with van der Waals surface area (Å²) in [6.45, 7) is 3.12. The highest BCUT2D eigenvalue weighted by molar-refractivity contribution is 7.98. The molecule has 2 rings (SSSR count). The molecule has 2 aromatic rings. The van der Waals surface area contributed by atoms with Crippen LogP contribution in [-0.4, -0.2) is 37.5 Å². The van der Waals surface area contributed by atoms with E-state index in [1.807, 2.05) is 30.5 Å². The second-order valence-corrected chi connectivity index (χ2v) is 5.39. The van der Waals surface area contributed by atoms with Gasteiger partial charge in [-0.2, -0.15) is 0 Å². The molecule has 1 N–H and O–H groups in total. The Balaban J connectivity index is 2.46. The van der Waals surface area contributed by atoms with Gasteiger partial charge >= 0.3 is 5.97 Å². The van der Waals surface area contributed by atoms with Gasteiger partial charge in [-0.1, -0.05) is 12.1 Å². The Morgan fingerprint density at radius 2 is 1.95 bits per heavy atom. The van der Waals surface area contributed by atoms with Gasteiger partial charge in [0.15, 0.2) is 11.4 Å². The normalized spacial score (nSPS) is 11.5. The van der Waals surface area contributed by atoms with Crippen molar-refractivity contribution in [1.82, 2.24) is 20.2 Å². The summed E-state index contributed by atoms with van der Waals surface area (Å²) in [5.74, 6) is -0.540. The molecule has 0 fully saturated rings. The standard InChI is InChI=1S/C12H14N4O2S/c1-12(2,11(17)18)16-10(13-14-15-16)8-4-6-9(19-3)7-5-8/h4-7H,1-3H3,(H,17,18). The lowest BCUT2D eigenvalue weighted by molar-refractivity contribution is -0.146. The molecule has 0 amide bonds. The fourth-order valence-corrected chi connectivity index (χ4v) is 1.98. The van der Waals surface area contributed by atoms with E-state index in [2.05, 4.69) is 15.5 Å². The van der Waals surface area contributed by atoms with Gasteiger partial charge in [0.1, 0.15) is 0 Å². The van der Waals surface area contributed by atoms with Crippen LogP contribution in [0.25, 0.3) is 11.4 Å². The van der Waals surface area contributed by atoms with Crippen LogP contribution >= 0.6 is 11.8 Å². The fourth-order valence-electron chi connectivity index (χ4n) is 1.57. The summed E-state index contributed by atoms with van der Waals surface area (Å²) in [5.41, 5.74) is -0.408. The van der Waals surface area contributed by atoms with Crippen LogP contribution < -0.4 is 0 Å². The monoisotopic (exact) mass is 278 g/mol. The number of carboxylic acids is 1. The number of rotatable bonds is 4. The summed E-state index contributed by atoms with van der Waals surface area (Å²) < 4.78 is 1.32. The number of carbonyl (C=O) groups is 1. The quantitative estimate of drug-likeness (QED) is 0.860. The third-order valence-electron chi connectivity index (χ3n) is 2.87. The summed E-state index contributed by atoms with van der Waals surface area (Å²) in [6, 6.07) is 7.66. The minimum Gasteiger partial charge on any atom is -0.479 e. The molecular formula is C12H14N4O2S. The van der Waals surface area contributed by atoms with Gasteiger partial charge < -0.3 is 5.11 Å². The number of carboxylic acid groups (broad SMARTS) is 1. The van der Waals surface area contributed by atoms with Crippen molar-refractivity contribution < 1.29 is 9.90 Å². The molecule has 0 bridgehead atoms. The molecule has 0 aliphatic rings. The fraction of sp³-hybridized carbons (Fsp3) is 0.333. The Morgan fingerprint density at radius 1 is 1.32 bits per heavy atom. The Morgan fingerprint density at radius 3 is 2.47 bits per heavy atom. The number of aliphatic carboxylic acids is 1. The number of hydrogen-bond donors (Lipinski definition) is 1. The van der Waals surface area contributed by atoms with Crippen LogP contribution in [0.3, 0.4) is 0 Å². The summed E-state index contributed by atoms with van der Waals surface area (Å²) in [5, 5.41) is 20.6. The van der Waals surface area contributed by atoms with Crippen LogP contribution in [-0.2, 0) is 10.3 Å². The van der Waals surface area contributed by atoms with E-state index in [0.717, 1.165) is 10.5 Å². The molecule has 0 atom stereocenters. The molecule has 19 heavy (non-hydrogen) atoms. The first-order chi connectivity index (χ1) is 8.96. The Hall–Kier alpha value is -1.89. The number of hydrogen-bond acceptors (Lipinski definition) is 5. The van der Waals surface area contributed by atoms with Gasteiger partial charge in [-0.05, 0) is 42.7 Å². The number of aromatic nitrogens is 4. The molecule has 1 aromatic heterocycles. The SMILES string of the molecule is CSc1ccc(-c2nnnn2C(C)(C)C(=O)O)cc1. The topological polar surface area (TPSA) is 80.9 Å². The molecule has 7 heteroatoms. The Bertz CT molecular complexity index is 592. The minimum absolute atomic E-state index is 0.444. The lowest BCUT2D eigenvalue weighted by Gasteiger charge is -2.20. The average molecular weight is 278 g/mol. The first-order valence-electron chi connectivity index (χ1n) is 5.63. The number of tetrazole rings is 1. The lowest BCUT2D eigenvalue weighted by Crippen LogP contribution is -2.37. The Labute approximate surface area is 114 Å². The lowest BCUT2D eigenvalue weighted by atomic mass is 10.1. The van der Waals surface area contributed by atoms with Gasteiger partial charge in [0, 0.05) is 10.5 Å². The maximum atomic E-state index is 11.3. The maximum Gasteiger partial charge on any atom is 0.331 e. The third kappa shape index (κ3) is 2.46. The van der Waals surface area contributed by atoms with Crippen molar-refractivity contribution >= 4 is 17.7 Å². The van der Waals surface area contributed by atoms with E-state index in [0.29, 0.717) is 5.82 Å². The van der Waals surface area contributed by atoms with Gasteiger partial charge in [0.05, 0.1) is 0 Å². The first-order valence-corrected chi connectivity index (χ1v) is 6.86. The van der Waals surface area contributed by atoms with E-state index >= 15 is 0 Å². The van der Waals surface area contributed by atoms with Crippen LogP contribution in [0.15, 0.2) is 29.2 Å². The molecule has 0 radical (unpaired) electrons. The second kappa shape index (κ2) is 5.00. The van der Waals surface area contributed by atoms with Gasteiger partial charge in [-0.3, -0.25) is 0 Å². The van der Waals surface area contributed by atoms with E-state index in [1.165, 1.54) is 4.68 Å². The molecule has 0 saturated carbocycles. The summed E-state index contributed by atoms with van der Waals surface area (Å²) >= 11 is 1.64. The maximum absolute atomic E-state index is 11.3. The van der Waals surface area contributed by atoms with Crippen molar-refractivity contribution in [1.29, 1.82) is 0 Å². The molecule has 0 saturated heterocycles. The molecule has 0 unspecified atom stereocenters. The third-order valence-corrected chi connectivity index (χ3v) is 3.61. The molecular weight excluding hydrogens is 264 g/mol. The summed E-state index contributed by atoms with van der Waals surface area (Å²) in [6.07, 6.45) is 1.99. The van der Waals surface area contributed by atoms with Crippen LogP contribution in [0.4, 0.5) is 0 Å². The van der Waals surface area contributed by atoms with Crippen LogP contribution in [0.2, 0.25) is 0 Å². The van der Waals surface area contributed by atoms with E-state index in [-0.39, 0.29) is 0 Å². The second-order valence-electron chi connectivity index (χ2n) is 4.51. The largest absolute Gasteiger partial charge is 0.479 e. The van der Waals surface area contributed by atoms with Gasteiger partial charge in [-0.25, -0.2) is 9.48 Å². The number of thioether (sulfide) groups is 1. The van der Waals surface area contributed by atoms with E-state index in [4.69, 9.17) is 0 Å². The van der Waals surface area contributed by atoms with Crippen LogP contribution in [0.1, 0.15) is 13.8 Å². The highest BCUT2D eigenvalue weighted by atomic mass is 32.2. The zero-order valence-electron chi connectivity index (χ0n) is 10.9. The van der Waals surface area contributed by atoms with Crippen LogP contribution in [0.5, 0.6) is 0 Å². The summed E-state index contributed by atoms with van der Waals surface area (Å²) in [4.78, 5) is 12.4. The van der Waals surface area contributed by atoms with Gasteiger partial charge in [0.25, 0.3) is 0 Å². The average Bonchev–Trinajstić information content (AvgIpc) is 2.88. The molecule has 1 heterocycles. The van der Waals surface area contributed by atoms with E-state index < -0.39 is 11.5 Å². The van der Waals surface area contributed by atoms with Crippen molar-refractivity contribution in [2.45, 2.75) is 24.3 Å². The molecule has 0 aliphatic heterocycles. The van der Waals surface area contributed by atoms with Crippen molar-refractivity contribution in [3.63, 3.8) is 0 Å². The predicted octanol–water partition coefficient (Wildman–Crippen LogP) is 1.88. The highest BCUT2D eigenvalue weighted by Crippen LogP contribution is 2.25. The zero-order valence-corrected chi connectivity index (χ0v) is 11.7. The van der Waals surface area contributed by atoms with Crippen molar-refractivity contribution in [3.05, 3.63) is 24.3 Å². The molecule has 0 aliphatic carbocycles. The van der Waals surface area contributed by atoms with Gasteiger partial charge in [0.2, 0.25) is 0 Å². The first kappa shape index (κ1) is 13.5. The van der Waals surface area contributed by atoms with Crippen molar-refractivity contribution in [2.75, 3.05) is 6.26 Å². The summed E-state index contributed by atoms with van der Waals surface area (Å²) in [7, 11) is 0. The molecule has 1 aromatic carbocycles. The molecule has 100 valence electrons. The predicted molar refractivity (Wildman–Crippen MR) is 72.0 cm³/mol. The highest BCUT2D eigenvalue weighted by Gasteiger charge is 2.33. The Kier molecular flexibility index (Phi) is 3.57. The molecule has 6 nitrogen and oxygen atoms in total. The van der Waals surface area contributed by atoms with Gasteiger partial charge in [-0.15, -0.1) is 16.9 Å². The van der Waals surface area contributed by atoms with E-state index in [9.17, 15) is 9.90 Å². The van der Waals surface area contributed by atoms with Crippen molar-refractivity contribution in [2.24, 2.45) is 0 Å². The molecule has 0 spiro atoms. The van der Waals surface area contributed by atoms with E-state index in [1.54, 1.807) is 25.6 Å². The number of nitrogens with zero attached hydrogens (tertiary/aromatic N) is 4. The number of benzene rings is 1. The smallest absolute Gasteiger partial charge is 0.331 e.